The molecule has 1 atom stereocenters. The minimum absolute atomic E-state index is 0.163. The van der Waals surface area contributed by atoms with Gasteiger partial charge in [0.25, 0.3) is 0 Å². The third kappa shape index (κ3) is 6.86. The van der Waals surface area contributed by atoms with Crippen molar-refractivity contribution >= 4 is 23.7 Å². The van der Waals surface area contributed by atoms with Gasteiger partial charge in [0, 0.05) is 22.9 Å². The molecule has 0 aliphatic rings. The molecule has 0 aliphatic heterocycles. The number of hydrogen-bond donors (Lipinski definition) is 1. The maximum absolute atomic E-state index is 10.7. The molecule has 0 saturated heterocycles. The Kier molecular flexibility index (Phi) is 8.02. The molecule has 0 rings (SSSR count). The largest absolute Gasteiger partial charge is 0.550 e. The van der Waals surface area contributed by atoms with Crippen LogP contribution in [0.25, 0.3) is 0 Å². The lowest BCUT2D eigenvalue weighted by Gasteiger charge is -2.26. The fourth-order valence-electron chi connectivity index (χ4n) is 1.30. The molecule has 0 aliphatic carbocycles. The third-order valence-electron chi connectivity index (χ3n) is 2.98. The number of carboxylic acids is 2. The first-order valence-corrected chi connectivity index (χ1v) is 7.01. The molecule has 5 nitrogen and oxygen atoms in total. The van der Waals surface area contributed by atoms with Crippen LogP contribution in [0.1, 0.15) is 40.0 Å². The van der Waals surface area contributed by atoms with Gasteiger partial charge in [0.05, 0.1) is 6.61 Å². The van der Waals surface area contributed by atoms with Crippen LogP contribution in [0.4, 0.5) is 0 Å². The van der Waals surface area contributed by atoms with E-state index in [4.69, 9.17) is 9.84 Å². The summed E-state index contributed by atoms with van der Waals surface area (Å²) < 4.78 is 5.22. The van der Waals surface area contributed by atoms with Gasteiger partial charge >= 0.3 is 5.97 Å². The molecule has 18 heavy (non-hydrogen) atoms. The number of rotatable bonds is 10. The molecule has 0 bridgehead atoms. The number of carbonyl (C=O) groups is 2. The number of thioether (sulfide) groups is 1. The van der Waals surface area contributed by atoms with E-state index in [0.717, 1.165) is 12.8 Å². The average molecular weight is 277 g/mol. The van der Waals surface area contributed by atoms with Crippen LogP contribution in [0.3, 0.4) is 0 Å². The van der Waals surface area contributed by atoms with Gasteiger partial charge in [-0.3, -0.25) is 0 Å². The van der Waals surface area contributed by atoms with Gasteiger partial charge in [-0.1, -0.05) is 20.8 Å². The number of aliphatic carboxylic acids is 2. The highest BCUT2D eigenvalue weighted by molar-refractivity contribution is 8.00. The zero-order valence-electron chi connectivity index (χ0n) is 11.1. The predicted molar refractivity (Wildman–Crippen MR) is 68.4 cm³/mol. The van der Waals surface area contributed by atoms with E-state index in [1.54, 1.807) is 11.8 Å². The van der Waals surface area contributed by atoms with Crippen LogP contribution in [-0.2, 0) is 14.3 Å². The second kappa shape index (κ2) is 8.37. The molecule has 0 aromatic rings. The molecular weight excluding hydrogens is 256 g/mol. The number of hydrogen-bond acceptors (Lipinski definition) is 5. The Morgan fingerprint density at radius 2 is 1.94 bits per heavy atom. The normalized spacial score (nSPS) is 13.3. The summed E-state index contributed by atoms with van der Waals surface area (Å²) in [5.74, 6) is -2.03. The van der Waals surface area contributed by atoms with Crippen molar-refractivity contribution in [3.8, 4) is 0 Å². The Hall–Kier alpha value is -0.750. The molecule has 1 N–H and O–H groups in total. The molecule has 0 amide bonds. The first-order chi connectivity index (χ1) is 8.34. The van der Waals surface area contributed by atoms with E-state index < -0.39 is 24.5 Å². The lowest BCUT2D eigenvalue weighted by Crippen LogP contribution is -2.34. The average Bonchev–Trinajstić information content (AvgIpc) is 2.32. The number of carboxylic acid groups (broad SMARTS) is 2. The smallest absolute Gasteiger partial charge is 0.333 e. The van der Waals surface area contributed by atoms with Gasteiger partial charge in [-0.2, -0.15) is 11.8 Å². The van der Waals surface area contributed by atoms with Crippen molar-refractivity contribution in [3.05, 3.63) is 0 Å². The summed E-state index contributed by atoms with van der Waals surface area (Å²) in [7, 11) is 0. The standard InChI is InChI=1S/C12H22O5S/c1-4-12(3,5-2)18-7-6-17-9(11(15)16)8-10(13)14/h9H,4-8H2,1-3H3,(H,13,14)(H,15,16)/p-1. The summed E-state index contributed by atoms with van der Waals surface area (Å²) in [4.78, 5) is 21.1. The Bertz CT molecular complexity index is 276. The van der Waals surface area contributed by atoms with Crippen molar-refractivity contribution in [2.45, 2.75) is 50.9 Å². The predicted octanol–water partition coefficient (Wildman–Crippen LogP) is 0.908. The summed E-state index contributed by atoms with van der Waals surface area (Å²) in [6.07, 6.45) is 0.120. The monoisotopic (exact) mass is 277 g/mol. The van der Waals surface area contributed by atoms with E-state index in [1.807, 2.05) is 0 Å². The van der Waals surface area contributed by atoms with Crippen LogP contribution >= 0.6 is 11.8 Å². The van der Waals surface area contributed by atoms with Gasteiger partial charge in [-0.05, 0) is 12.8 Å². The van der Waals surface area contributed by atoms with Crippen molar-refractivity contribution in [1.29, 1.82) is 0 Å². The molecule has 0 heterocycles. The highest BCUT2D eigenvalue weighted by Crippen LogP contribution is 2.31. The molecule has 0 radical (unpaired) electrons. The molecule has 1 unspecified atom stereocenters. The molecule has 0 fully saturated rings. The van der Waals surface area contributed by atoms with Gasteiger partial charge in [0.2, 0.25) is 0 Å². The number of ether oxygens (including phenoxy) is 1. The number of carbonyl (C=O) groups excluding carboxylic acids is 1. The zero-order chi connectivity index (χ0) is 14.2. The van der Waals surface area contributed by atoms with E-state index in [-0.39, 0.29) is 11.4 Å². The summed E-state index contributed by atoms with van der Waals surface area (Å²) in [6.45, 7) is 6.58. The van der Waals surface area contributed by atoms with Gasteiger partial charge in [-0.15, -0.1) is 0 Å². The molecule has 0 saturated carbocycles. The lowest BCUT2D eigenvalue weighted by molar-refractivity contribution is -0.307. The van der Waals surface area contributed by atoms with Crippen LogP contribution in [0.5, 0.6) is 0 Å². The first-order valence-electron chi connectivity index (χ1n) is 6.02. The molecule has 0 aromatic carbocycles. The van der Waals surface area contributed by atoms with Crippen molar-refractivity contribution in [2.24, 2.45) is 0 Å². The maximum Gasteiger partial charge on any atom is 0.333 e. The zero-order valence-corrected chi connectivity index (χ0v) is 11.9. The third-order valence-corrected chi connectivity index (χ3v) is 4.62. The Balaban J connectivity index is 4.00. The van der Waals surface area contributed by atoms with E-state index in [1.165, 1.54) is 0 Å². The first kappa shape index (κ1) is 17.2. The van der Waals surface area contributed by atoms with E-state index >= 15 is 0 Å². The lowest BCUT2D eigenvalue weighted by atomic mass is 10.1. The van der Waals surface area contributed by atoms with Crippen molar-refractivity contribution in [1.82, 2.24) is 0 Å². The maximum atomic E-state index is 10.7. The van der Waals surface area contributed by atoms with Crippen LogP contribution in [0.15, 0.2) is 0 Å². The van der Waals surface area contributed by atoms with Gasteiger partial charge < -0.3 is 19.7 Å². The SMILES string of the molecule is CCC(C)(CC)SCCOC(CC(=O)[O-])C(=O)O. The molecule has 0 aromatic heterocycles. The molecule has 0 spiro atoms. The molecule has 6 heteroatoms. The minimum Gasteiger partial charge on any atom is -0.550 e. The van der Waals surface area contributed by atoms with Crippen LogP contribution in [0, 0.1) is 0 Å². The fourth-order valence-corrected chi connectivity index (χ4v) is 2.38. The van der Waals surface area contributed by atoms with E-state index in [9.17, 15) is 14.7 Å². The summed E-state index contributed by atoms with van der Waals surface area (Å²) in [6, 6.07) is 0. The molecular formula is C12H21O5S-. The second-order valence-corrected chi connectivity index (χ2v) is 5.96. The Morgan fingerprint density at radius 3 is 2.33 bits per heavy atom. The van der Waals surface area contributed by atoms with E-state index in [0.29, 0.717) is 5.75 Å². The summed E-state index contributed by atoms with van der Waals surface area (Å²) in [5.41, 5.74) is 0. The van der Waals surface area contributed by atoms with Crippen molar-refractivity contribution in [2.75, 3.05) is 12.4 Å². The highest BCUT2D eigenvalue weighted by atomic mass is 32.2. The minimum atomic E-state index is -1.41. The van der Waals surface area contributed by atoms with Crippen molar-refractivity contribution < 1.29 is 24.5 Å². The topological polar surface area (TPSA) is 86.7 Å². The van der Waals surface area contributed by atoms with Crippen LogP contribution in [0.2, 0.25) is 0 Å². The highest BCUT2D eigenvalue weighted by Gasteiger charge is 2.21. The van der Waals surface area contributed by atoms with Gasteiger partial charge in [0.15, 0.2) is 6.10 Å². The summed E-state index contributed by atoms with van der Waals surface area (Å²) >= 11 is 1.72. The molecule has 106 valence electrons. The Labute approximate surface area is 112 Å². The quantitative estimate of drug-likeness (QED) is 0.597. The van der Waals surface area contributed by atoms with Crippen LogP contribution < -0.4 is 5.11 Å². The van der Waals surface area contributed by atoms with Gasteiger partial charge in [0.1, 0.15) is 0 Å². The van der Waals surface area contributed by atoms with Crippen molar-refractivity contribution in [3.63, 3.8) is 0 Å². The van der Waals surface area contributed by atoms with Gasteiger partial charge in [-0.25, -0.2) is 4.79 Å². The van der Waals surface area contributed by atoms with E-state index in [2.05, 4.69) is 20.8 Å². The van der Waals surface area contributed by atoms with Crippen LogP contribution in [-0.4, -0.2) is 40.3 Å². The second-order valence-electron chi connectivity index (χ2n) is 4.28. The fraction of sp³-hybridized carbons (Fsp3) is 0.833. The Morgan fingerprint density at radius 1 is 1.39 bits per heavy atom. The summed E-state index contributed by atoms with van der Waals surface area (Å²) in [5, 5.41) is 19.1.